The van der Waals surface area contributed by atoms with E-state index >= 15 is 0 Å². The number of halogens is 1. The number of amides is 2. The molecule has 39 heavy (non-hydrogen) atoms. The average molecular weight is 570 g/mol. The Morgan fingerprint density at radius 1 is 0.923 bits per heavy atom. The second-order valence-electron chi connectivity index (χ2n) is 10.1. The minimum atomic E-state index is -4.12. The summed E-state index contributed by atoms with van der Waals surface area (Å²) in [7, 11) is -4.12. The maximum absolute atomic E-state index is 14.0. The fourth-order valence-electron chi connectivity index (χ4n) is 4.17. The van der Waals surface area contributed by atoms with Crippen molar-refractivity contribution in [2.45, 2.75) is 52.1 Å². The third kappa shape index (κ3) is 7.83. The molecule has 0 radical (unpaired) electrons. The van der Waals surface area contributed by atoms with Crippen molar-refractivity contribution in [3.05, 3.63) is 94.5 Å². The van der Waals surface area contributed by atoms with E-state index in [1.54, 1.807) is 50.2 Å². The van der Waals surface area contributed by atoms with Gasteiger partial charge in [-0.05, 0) is 68.1 Å². The lowest BCUT2D eigenvalue weighted by Gasteiger charge is -2.32. The number of sulfonamides is 1. The lowest BCUT2D eigenvalue weighted by atomic mass is 10.1. The first-order valence-electron chi connectivity index (χ1n) is 12.9. The molecule has 0 heterocycles. The van der Waals surface area contributed by atoms with Crippen LogP contribution in [-0.4, -0.2) is 44.3 Å². The van der Waals surface area contributed by atoms with E-state index < -0.39 is 28.5 Å². The molecule has 1 atom stereocenters. The molecule has 0 aliphatic heterocycles. The third-order valence-electron chi connectivity index (χ3n) is 6.32. The van der Waals surface area contributed by atoms with Crippen LogP contribution in [0.3, 0.4) is 0 Å². The van der Waals surface area contributed by atoms with Crippen molar-refractivity contribution >= 4 is 39.1 Å². The van der Waals surface area contributed by atoms with Crippen LogP contribution in [0.4, 0.5) is 5.69 Å². The van der Waals surface area contributed by atoms with E-state index in [1.165, 1.54) is 17.0 Å². The van der Waals surface area contributed by atoms with E-state index in [1.807, 2.05) is 45.0 Å². The molecule has 3 aromatic carbocycles. The number of anilines is 1. The summed E-state index contributed by atoms with van der Waals surface area (Å²) in [6.45, 7) is 9.45. The van der Waals surface area contributed by atoms with Crippen LogP contribution < -0.4 is 9.62 Å². The number of carbonyl (C=O) groups is 2. The van der Waals surface area contributed by atoms with Gasteiger partial charge < -0.3 is 10.2 Å². The maximum Gasteiger partial charge on any atom is 0.264 e. The molecule has 1 N–H and O–H groups in total. The van der Waals surface area contributed by atoms with Crippen molar-refractivity contribution < 1.29 is 18.0 Å². The molecule has 0 saturated carbocycles. The van der Waals surface area contributed by atoms with Gasteiger partial charge in [0.1, 0.15) is 12.6 Å². The van der Waals surface area contributed by atoms with Crippen LogP contribution in [0.15, 0.2) is 77.7 Å². The normalized spacial score (nSPS) is 12.2. The molecule has 0 aromatic heterocycles. The number of hydrogen-bond acceptors (Lipinski definition) is 4. The van der Waals surface area contributed by atoms with E-state index in [0.717, 1.165) is 15.4 Å². The fraction of sp³-hybridized carbons (Fsp3) is 0.333. The van der Waals surface area contributed by atoms with Crippen molar-refractivity contribution in [2.24, 2.45) is 5.92 Å². The summed E-state index contributed by atoms with van der Waals surface area (Å²) in [5, 5.41) is 3.35. The largest absolute Gasteiger partial charge is 0.354 e. The lowest BCUT2D eigenvalue weighted by Crippen LogP contribution is -2.51. The summed E-state index contributed by atoms with van der Waals surface area (Å²) in [5.41, 5.74) is 2.79. The highest BCUT2D eigenvalue weighted by Gasteiger charge is 2.33. The number of hydrogen-bond donors (Lipinski definition) is 1. The van der Waals surface area contributed by atoms with Gasteiger partial charge in [-0.1, -0.05) is 73.5 Å². The van der Waals surface area contributed by atoms with Crippen LogP contribution >= 0.6 is 11.6 Å². The van der Waals surface area contributed by atoms with Gasteiger partial charge in [0.25, 0.3) is 10.0 Å². The minimum absolute atomic E-state index is 0.0557. The maximum atomic E-state index is 14.0. The molecule has 0 spiro atoms. The van der Waals surface area contributed by atoms with E-state index in [0.29, 0.717) is 22.8 Å². The zero-order chi connectivity index (χ0) is 28.7. The molecule has 3 aromatic rings. The van der Waals surface area contributed by atoms with Crippen molar-refractivity contribution in [1.29, 1.82) is 0 Å². The van der Waals surface area contributed by atoms with E-state index in [-0.39, 0.29) is 23.3 Å². The molecule has 2 amide bonds. The van der Waals surface area contributed by atoms with Gasteiger partial charge >= 0.3 is 0 Å². The lowest BCUT2D eigenvalue weighted by molar-refractivity contribution is -0.139. The molecule has 3 rings (SSSR count). The van der Waals surface area contributed by atoms with Gasteiger partial charge in [0.2, 0.25) is 11.8 Å². The number of aryl methyl sites for hydroxylation is 2. The predicted molar refractivity (Wildman–Crippen MR) is 156 cm³/mol. The Hall–Kier alpha value is -3.36. The van der Waals surface area contributed by atoms with E-state index in [9.17, 15) is 18.0 Å². The molecule has 0 fully saturated rings. The van der Waals surface area contributed by atoms with Gasteiger partial charge in [0.05, 0.1) is 10.6 Å². The minimum Gasteiger partial charge on any atom is -0.354 e. The van der Waals surface area contributed by atoms with Crippen molar-refractivity contribution in [2.75, 3.05) is 17.4 Å². The Kier molecular flexibility index (Phi) is 10.2. The van der Waals surface area contributed by atoms with Crippen LogP contribution in [0.2, 0.25) is 5.02 Å². The Bertz CT molecular complexity index is 1410. The quantitative estimate of drug-likeness (QED) is 0.338. The monoisotopic (exact) mass is 569 g/mol. The smallest absolute Gasteiger partial charge is 0.264 e. The number of benzene rings is 3. The van der Waals surface area contributed by atoms with Crippen LogP contribution in [0.5, 0.6) is 0 Å². The van der Waals surface area contributed by atoms with Gasteiger partial charge in [-0.2, -0.15) is 0 Å². The molecule has 7 nitrogen and oxygen atoms in total. The summed E-state index contributed by atoms with van der Waals surface area (Å²) >= 11 is 6.15. The van der Waals surface area contributed by atoms with Crippen molar-refractivity contribution in [3.63, 3.8) is 0 Å². The number of nitrogens with zero attached hydrogens (tertiary/aromatic N) is 2. The Morgan fingerprint density at radius 3 is 2.23 bits per heavy atom. The Balaban J connectivity index is 2.03. The highest BCUT2D eigenvalue weighted by molar-refractivity contribution is 7.92. The molecular formula is C30H36ClN3O4S. The fourth-order valence-corrected chi connectivity index (χ4v) is 5.90. The average Bonchev–Trinajstić information content (AvgIpc) is 2.89. The first-order chi connectivity index (χ1) is 18.4. The molecule has 0 unspecified atom stereocenters. The van der Waals surface area contributed by atoms with Crippen LogP contribution in [0, 0.1) is 19.8 Å². The first-order valence-corrected chi connectivity index (χ1v) is 14.7. The summed E-state index contributed by atoms with van der Waals surface area (Å²) < 4.78 is 28.8. The molecule has 208 valence electrons. The third-order valence-corrected chi connectivity index (χ3v) is 8.33. The van der Waals surface area contributed by atoms with Crippen molar-refractivity contribution in [3.8, 4) is 0 Å². The van der Waals surface area contributed by atoms with Gasteiger partial charge in [-0.15, -0.1) is 0 Å². The van der Waals surface area contributed by atoms with Crippen LogP contribution in [0.1, 0.15) is 37.5 Å². The second-order valence-corrected chi connectivity index (χ2v) is 12.4. The van der Waals surface area contributed by atoms with Crippen LogP contribution in [0.25, 0.3) is 0 Å². The Morgan fingerprint density at radius 2 is 1.62 bits per heavy atom. The molecule has 0 bridgehead atoms. The standard InChI is InChI=1S/C30H36ClN3O4S/c1-21(2)18-32-30(36)24(5)33(19-25-11-9-10-22(3)16-25)29(35)20-34(28-15-14-26(31)17-23(28)4)39(37,38)27-12-7-6-8-13-27/h6-17,21,24H,18-20H2,1-5H3,(H,32,36)/t24-/m0/s1. The topological polar surface area (TPSA) is 86.8 Å². The first kappa shape index (κ1) is 30.2. The highest BCUT2D eigenvalue weighted by Crippen LogP contribution is 2.29. The van der Waals surface area contributed by atoms with Gasteiger partial charge in [-0.3, -0.25) is 13.9 Å². The predicted octanol–water partition coefficient (Wildman–Crippen LogP) is 5.34. The summed E-state index contributed by atoms with van der Waals surface area (Å²) in [6, 6.07) is 19.6. The van der Waals surface area contributed by atoms with Crippen molar-refractivity contribution in [1.82, 2.24) is 10.2 Å². The Labute approximate surface area is 236 Å². The molecule has 0 aliphatic carbocycles. The van der Waals surface area contributed by atoms with E-state index in [2.05, 4.69) is 5.32 Å². The zero-order valence-corrected chi connectivity index (χ0v) is 24.6. The summed E-state index contributed by atoms with van der Waals surface area (Å²) in [6.07, 6.45) is 0. The number of nitrogens with one attached hydrogen (secondary N) is 1. The molecule has 0 saturated heterocycles. The van der Waals surface area contributed by atoms with Gasteiger partial charge in [0.15, 0.2) is 0 Å². The highest BCUT2D eigenvalue weighted by atomic mass is 35.5. The van der Waals surface area contributed by atoms with Gasteiger partial charge in [-0.25, -0.2) is 8.42 Å². The second kappa shape index (κ2) is 13.1. The number of carbonyl (C=O) groups excluding carboxylic acids is 2. The molecule has 9 heteroatoms. The van der Waals surface area contributed by atoms with Crippen LogP contribution in [-0.2, 0) is 26.2 Å². The SMILES string of the molecule is Cc1cccc(CN(C(=O)CN(c2ccc(Cl)cc2C)S(=O)(=O)c2ccccc2)[C@@H](C)C(=O)NCC(C)C)c1. The van der Waals surface area contributed by atoms with E-state index in [4.69, 9.17) is 11.6 Å². The summed E-state index contributed by atoms with van der Waals surface area (Å²) in [5.74, 6) is -0.566. The molecular weight excluding hydrogens is 534 g/mol. The zero-order valence-electron chi connectivity index (χ0n) is 23.0. The molecule has 0 aliphatic rings. The summed E-state index contributed by atoms with van der Waals surface area (Å²) in [4.78, 5) is 28.5. The van der Waals surface area contributed by atoms with Gasteiger partial charge in [0, 0.05) is 18.1 Å². The number of rotatable bonds is 11.